The van der Waals surface area contributed by atoms with Crippen LogP contribution in [-0.4, -0.2) is 15.5 Å². The summed E-state index contributed by atoms with van der Waals surface area (Å²) in [6, 6.07) is 4.10. The highest BCUT2D eigenvalue weighted by Crippen LogP contribution is 2.20. The molecule has 72 valence electrons. The zero-order valence-electron chi connectivity index (χ0n) is 6.87. The van der Waals surface area contributed by atoms with Gasteiger partial charge in [-0.15, -0.1) is 0 Å². The van der Waals surface area contributed by atoms with Gasteiger partial charge in [0.2, 0.25) is 0 Å². The van der Waals surface area contributed by atoms with Crippen LogP contribution in [0.2, 0.25) is 0 Å². The van der Waals surface area contributed by atoms with E-state index in [2.05, 4.69) is 15.9 Å². The van der Waals surface area contributed by atoms with Crippen molar-refractivity contribution in [3.63, 3.8) is 0 Å². The van der Waals surface area contributed by atoms with Crippen LogP contribution in [0.25, 0.3) is 5.52 Å². The second-order valence-electron chi connectivity index (χ2n) is 2.79. The van der Waals surface area contributed by atoms with Crippen molar-refractivity contribution in [3.05, 3.63) is 40.4 Å². The van der Waals surface area contributed by atoms with Crippen molar-refractivity contribution >= 4 is 27.4 Å². The molecule has 0 bridgehead atoms. The Bertz CT molecular complexity index is 482. The first kappa shape index (κ1) is 9.21. The summed E-state index contributed by atoms with van der Waals surface area (Å²) in [5.41, 5.74) is 0.313. The van der Waals surface area contributed by atoms with Crippen molar-refractivity contribution < 1.29 is 14.3 Å². The summed E-state index contributed by atoms with van der Waals surface area (Å²) in [5.74, 6) is -1.51. The highest BCUT2D eigenvalue weighted by Gasteiger charge is 2.10. The largest absolute Gasteiger partial charge is 0.478 e. The number of carboxylic acid groups (broad SMARTS) is 1. The van der Waals surface area contributed by atoms with E-state index in [1.165, 1.54) is 28.8 Å². The fraction of sp³-hybridized carbons (Fsp3) is 0. The number of fused-ring (bicyclic) bond motifs is 1. The average molecular weight is 258 g/mol. The fourth-order valence-corrected chi connectivity index (χ4v) is 1.67. The predicted octanol–water partition coefficient (Wildman–Crippen LogP) is 2.54. The molecule has 0 aliphatic rings. The molecule has 2 aromatic rings. The number of halogens is 2. The summed E-state index contributed by atoms with van der Waals surface area (Å²) in [6.45, 7) is 0. The Hall–Kier alpha value is -1.36. The molecule has 0 unspecified atom stereocenters. The molecule has 0 atom stereocenters. The molecule has 0 spiro atoms. The standard InChI is InChI=1S/C9H5BrFNO2/c10-8-2-1-6(11)7-3-5(9(13)14)4-12(7)8/h1-4H,(H,13,14). The minimum Gasteiger partial charge on any atom is -0.478 e. The molecule has 2 rings (SSSR count). The van der Waals surface area contributed by atoms with Crippen LogP contribution in [0.4, 0.5) is 4.39 Å². The number of rotatable bonds is 1. The number of hydrogen-bond donors (Lipinski definition) is 1. The van der Waals surface area contributed by atoms with Gasteiger partial charge < -0.3 is 9.51 Å². The van der Waals surface area contributed by atoms with Crippen LogP contribution < -0.4 is 0 Å². The van der Waals surface area contributed by atoms with Gasteiger partial charge in [0, 0.05) is 6.20 Å². The molecule has 0 aliphatic heterocycles. The van der Waals surface area contributed by atoms with E-state index in [0.29, 0.717) is 4.60 Å². The Morgan fingerprint density at radius 2 is 2.21 bits per heavy atom. The van der Waals surface area contributed by atoms with Gasteiger partial charge in [0.1, 0.15) is 5.82 Å². The molecule has 1 N–H and O–H groups in total. The predicted molar refractivity (Wildman–Crippen MR) is 52.0 cm³/mol. The zero-order valence-corrected chi connectivity index (χ0v) is 8.45. The minimum atomic E-state index is -1.07. The third-order valence-electron chi connectivity index (χ3n) is 1.91. The Labute approximate surface area is 86.9 Å². The zero-order chi connectivity index (χ0) is 10.3. The molecule has 0 saturated heterocycles. The van der Waals surface area contributed by atoms with Crippen LogP contribution in [0.3, 0.4) is 0 Å². The third kappa shape index (κ3) is 1.29. The van der Waals surface area contributed by atoms with Gasteiger partial charge in [-0.05, 0) is 34.1 Å². The summed E-state index contributed by atoms with van der Waals surface area (Å²) in [7, 11) is 0. The van der Waals surface area contributed by atoms with Crippen LogP contribution in [0.15, 0.2) is 29.0 Å². The van der Waals surface area contributed by atoms with Gasteiger partial charge in [-0.3, -0.25) is 0 Å². The van der Waals surface area contributed by atoms with Gasteiger partial charge in [-0.2, -0.15) is 0 Å². The molecule has 2 heterocycles. The van der Waals surface area contributed by atoms with Gasteiger partial charge in [0.15, 0.2) is 0 Å². The lowest BCUT2D eigenvalue weighted by Crippen LogP contribution is -1.92. The van der Waals surface area contributed by atoms with Crippen LogP contribution >= 0.6 is 15.9 Å². The normalized spacial score (nSPS) is 10.7. The van der Waals surface area contributed by atoms with Crippen LogP contribution in [0, 0.1) is 5.82 Å². The van der Waals surface area contributed by atoms with E-state index in [9.17, 15) is 9.18 Å². The quantitative estimate of drug-likeness (QED) is 0.798. The molecule has 0 aliphatic carbocycles. The molecular formula is C9H5BrFNO2. The first-order valence-corrected chi connectivity index (χ1v) is 4.58. The van der Waals surface area contributed by atoms with Crippen LogP contribution in [0.5, 0.6) is 0 Å². The van der Waals surface area contributed by atoms with Crippen LogP contribution in [0.1, 0.15) is 10.4 Å². The number of nitrogens with zero attached hydrogens (tertiary/aromatic N) is 1. The number of aromatic carboxylic acids is 1. The molecule has 0 aromatic carbocycles. The summed E-state index contributed by atoms with van der Waals surface area (Å²) in [4.78, 5) is 10.6. The van der Waals surface area contributed by atoms with E-state index in [1.54, 1.807) is 0 Å². The highest BCUT2D eigenvalue weighted by molar-refractivity contribution is 9.10. The fourth-order valence-electron chi connectivity index (χ4n) is 1.25. The lowest BCUT2D eigenvalue weighted by atomic mass is 10.3. The lowest BCUT2D eigenvalue weighted by molar-refractivity contribution is 0.0697. The van der Waals surface area contributed by atoms with E-state index in [0.717, 1.165) is 0 Å². The smallest absolute Gasteiger partial charge is 0.337 e. The van der Waals surface area contributed by atoms with E-state index in [4.69, 9.17) is 5.11 Å². The maximum atomic E-state index is 13.2. The van der Waals surface area contributed by atoms with E-state index in [1.807, 2.05) is 0 Å². The molecule has 0 amide bonds. The molecule has 0 saturated carbocycles. The number of hydrogen-bond acceptors (Lipinski definition) is 1. The summed E-state index contributed by atoms with van der Waals surface area (Å²) in [5, 5.41) is 8.72. The molecule has 0 fully saturated rings. The van der Waals surface area contributed by atoms with Gasteiger partial charge in [0.05, 0.1) is 15.7 Å². The first-order valence-electron chi connectivity index (χ1n) is 3.79. The summed E-state index contributed by atoms with van der Waals surface area (Å²) >= 11 is 3.20. The van der Waals surface area contributed by atoms with E-state index >= 15 is 0 Å². The van der Waals surface area contributed by atoms with E-state index in [-0.39, 0.29) is 11.1 Å². The molecule has 3 nitrogen and oxygen atoms in total. The van der Waals surface area contributed by atoms with Gasteiger partial charge in [0.25, 0.3) is 0 Å². The van der Waals surface area contributed by atoms with Crippen molar-refractivity contribution in [2.24, 2.45) is 0 Å². The molecule has 2 aromatic heterocycles. The van der Waals surface area contributed by atoms with Gasteiger partial charge >= 0.3 is 5.97 Å². The minimum absolute atomic E-state index is 0.0656. The summed E-state index contributed by atoms with van der Waals surface area (Å²) < 4.78 is 15.3. The number of carboxylic acids is 1. The van der Waals surface area contributed by atoms with Gasteiger partial charge in [-0.1, -0.05) is 0 Å². The SMILES string of the molecule is O=C(O)c1cc2c(F)ccc(Br)n2c1. The first-order chi connectivity index (χ1) is 6.59. The van der Waals surface area contributed by atoms with Crippen molar-refractivity contribution in [1.82, 2.24) is 4.40 Å². The Kier molecular flexibility index (Phi) is 2.03. The second kappa shape index (κ2) is 3.09. The Morgan fingerprint density at radius 1 is 1.50 bits per heavy atom. The Morgan fingerprint density at radius 3 is 2.79 bits per heavy atom. The molecule has 14 heavy (non-hydrogen) atoms. The Balaban J connectivity index is 2.82. The molecule has 5 heteroatoms. The lowest BCUT2D eigenvalue weighted by Gasteiger charge is -1.98. The number of pyridine rings is 1. The monoisotopic (exact) mass is 257 g/mol. The molecule has 0 radical (unpaired) electrons. The molecular weight excluding hydrogens is 253 g/mol. The number of carbonyl (C=O) groups is 1. The highest BCUT2D eigenvalue weighted by atomic mass is 79.9. The van der Waals surface area contributed by atoms with Crippen molar-refractivity contribution in [1.29, 1.82) is 0 Å². The number of aromatic nitrogens is 1. The third-order valence-corrected chi connectivity index (χ3v) is 2.56. The van der Waals surface area contributed by atoms with Crippen LogP contribution in [-0.2, 0) is 0 Å². The second-order valence-corrected chi connectivity index (χ2v) is 3.61. The summed E-state index contributed by atoms with van der Waals surface area (Å²) in [6.07, 6.45) is 1.37. The topological polar surface area (TPSA) is 41.7 Å². The van der Waals surface area contributed by atoms with Crippen molar-refractivity contribution in [2.45, 2.75) is 0 Å². The van der Waals surface area contributed by atoms with Gasteiger partial charge in [-0.25, -0.2) is 9.18 Å². The maximum absolute atomic E-state index is 13.2. The average Bonchev–Trinajstić information content (AvgIpc) is 2.57. The van der Waals surface area contributed by atoms with E-state index < -0.39 is 11.8 Å². The maximum Gasteiger partial charge on any atom is 0.337 e. The van der Waals surface area contributed by atoms with Crippen molar-refractivity contribution in [3.8, 4) is 0 Å². The van der Waals surface area contributed by atoms with Crippen molar-refractivity contribution in [2.75, 3.05) is 0 Å².